The molecule has 1 aromatic rings. The van der Waals surface area contributed by atoms with Crippen LogP contribution in [0.15, 0.2) is 18.3 Å². The Kier molecular flexibility index (Phi) is 7.47. The van der Waals surface area contributed by atoms with Crippen LogP contribution in [-0.4, -0.2) is 62.2 Å². The maximum Gasteiger partial charge on any atom is 0.293 e. The number of halogens is 2. The van der Waals surface area contributed by atoms with Crippen LogP contribution in [0.2, 0.25) is 0 Å². The van der Waals surface area contributed by atoms with Crippen LogP contribution in [-0.2, 0) is 0 Å². The van der Waals surface area contributed by atoms with Gasteiger partial charge in [0.15, 0.2) is 6.61 Å². The number of hydrogen-bond donors (Lipinski definition) is 1. The summed E-state index contributed by atoms with van der Waals surface area (Å²) in [7, 11) is 2.08. The molecule has 2 rings (SSSR count). The first-order valence-corrected chi connectivity index (χ1v) is 7.60. The van der Waals surface area contributed by atoms with E-state index in [9.17, 15) is 8.78 Å². The van der Waals surface area contributed by atoms with Gasteiger partial charge in [0.2, 0.25) is 0 Å². The molecule has 0 bridgehead atoms. The molecule has 0 amide bonds. The van der Waals surface area contributed by atoms with Gasteiger partial charge in [-0.1, -0.05) is 13.8 Å². The quantitative estimate of drug-likeness (QED) is 0.898. The topological polar surface area (TPSA) is 54.6 Å². The molecule has 0 atom stereocenters. The molecule has 1 saturated heterocycles. The average molecular weight is 316 g/mol. The highest BCUT2D eigenvalue weighted by molar-refractivity contribution is 5.41. The van der Waals surface area contributed by atoms with E-state index >= 15 is 0 Å². The highest BCUT2D eigenvalue weighted by atomic mass is 19.3. The largest absolute Gasteiger partial charge is 0.486 e. The van der Waals surface area contributed by atoms with Crippen LogP contribution in [0.3, 0.4) is 0 Å². The minimum atomic E-state index is -3.00. The highest BCUT2D eigenvalue weighted by Crippen LogP contribution is 2.19. The molecule has 0 aliphatic carbocycles. The lowest BCUT2D eigenvalue weighted by Crippen LogP contribution is -2.44. The Balaban J connectivity index is 0.00000116. The van der Waals surface area contributed by atoms with Gasteiger partial charge in [0, 0.05) is 26.2 Å². The highest BCUT2D eigenvalue weighted by Gasteiger charge is 2.27. The van der Waals surface area contributed by atoms with E-state index in [1.54, 1.807) is 12.1 Å². The van der Waals surface area contributed by atoms with Crippen molar-refractivity contribution in [2.45, 2.75) is 19.8 Å². The van der Waals surface area contributed by atoms with Gasteiger partial charge >= 0.3 is 0 Å². The summed E-state index contributed by atoms with van der Waals surface area (Å²) >= 11 is 0. The standard InChI is InChI=1S/C13H20F2N4O.C2H6/c1-18-4-6-19(7-5-18)12-3-2-11(8-17-12)20-10-13(14,15)9-16;1-2/h2-3,8H,4-7,9-10,16H2,1H3;1-2H3. The molecular formula is C15H26F2N4O. The van der Waals surface area contributed by atoms with E-state index in [1.165, 1.54) is 6.20 Å². The fourth-order valence-corrected chi connectivity index (χ4v) is 1.93. The van der Waals surface area contributed by atoms with Crippen molar-refractivity contribution in [3.63, 3.8) is 0 Å². The summed E-state index contributed by atoms with van der Waals surface area (Å²) in [6.07, 6.45) is 1.47. The average Bonchev–Trinajstić information content (AvgIpc) is 2.56. The predicted octanol–water partition coefficient (Wildman–Crippen LogP) is 1.83. The molecule has 0 radical (unpaired) electrons. The minimum Gasteiger partial charge on any atom is -0.486 e. The molecule has 1 aliphatic heterocycles. The van der Waals surface area contributed by atoms with Crippen molar-refractivity contribution in [3.05, 3.63) is 18.3 Å². The number of ether oxygens (including phenoxy) is 1. The molecule has 0 saturated carbocycles. The van der Waals surface area contributed by atoms with Crippen molar-refractivity contribution >= 4 is 5.82 Å². The normalized spacial score (nSPS) is 16.0. The lowest BCUT2D eigenvalue weighted by atomic mass is 10.3. The van der Waals surface area contributed by atoms with Crippen LogP contribution < -0.4 is 15.4 Å². The number of alkyl halides is 2. The van der Waals surface area contributed by atoms with E-state index < -0.39 is 19.1 Å². The Morgan fingerprint density at radius 1 is 1.23 bits per heavy atom. The van der Waals surface area contributed by atoms with Gasteiger partial charge in [0.05, 0.1) is 12.7 Å². The Labute approximate surface area is 131 Å². The monoisotopic (exact) mass is 316 g/mol. The maximum atomic E-state index is 13.0. The Bertz CT molecular complexity index is 420. The number of piperazine rings is 1. The van der Waals surface area contributed by atoms with E-state index in [4.69, 9.17) is 10.5 Å². The van der Waals surface area contributed by atoms with Gasteiger partial charge in [-0.25, -0.2) is 13.8 Å². The summed E-state index contributed by atoms with van der Waals surface area (Å²) in [6.45, 7) is 6.36. The molecule has 2 heterocycles. The number of aromatic nitrogens is 1. The first-order valence-electron chi connectivity index (χ1n) is 7.60. The lowest BCUT2D eigenvalue weighted by molar-refractivity contribution is -0.0320. The van der Waals surface area contributed by atoms with E-state index in [-0.39, 0.29) is 0 Å². The first kappa shape index (κ1) is 18.6. The summed E-state index contributed by atoms with van der Waals surface area (Å²) in [6, 6.07) is 3.45. The van der Waals surface area contributed by atoms with Crippen LogP contribution in [0.1, 0.15) is 13.8 Å². The molecule has 7 heteroatoms. The Hall–Kier alpha value is -1.47. The van der Waals surface area contributed by atoms with Gasteiger partial charge in [-0.05, 0) is 19.2 Å². The van der Waals surface area contributed by atoms with Gasteiger partial charge < -0.3 is 20.3 Å². The van der Waals surface area contributed by atoms with Gasteiger partial charge in [0.1, 0.15) is 11.6 Å². The predicted molar refractivity (Wildman–Crippen MR) is 84.8 cm³/mol. The molecule has 22 heavy (non-hydrogen) atoms. The molecule has 1 aromatic heterocycles. The van der Waals surface area contributed by atoms with Gasteiger partial charge in [-0.3, -0.25) is 0 Å². The summed E-state index contributed by atoms with van der Waals surface area (Å²) in [5.41, 5.74) is 4.95. The zero-order valence-corrected chi connectivity index (χ0v) is 13.6. The number of hydrogen-bond acceptors (Lipinski definition) is 5. The van der Waals surface area contributed by atoms with Crippen LogP contribution >= 0.6 is 0 Å². The molecule has 126 valence electrons. The third-order valence-corrected chi connectivity index (χ3v) is 3.30. The number of anilines is 1. The van der Waals surface area contributed by atoms with Crippen LogP contribution in [0.4, 0.5) is 14.6 Å². The molecule has 0 aromatic carbocycles. The SMILES string of the molecule is CC.CN1CCN(c2ccc(OCC(F)(F)CN)cn2)CC1. The summed E-state index contributed by atoms with van der Waals surface area (Å²) < 4.78 is 30.9. The molecule has 5 nitrogen and oxygen atoms in total. The number of likely N-dealkylation sites (N-methyl/N-ethyl adjacent to an activating group) is 1. The van der Waals surface area contributed by atoms with Crippen LogP contribution in [0.5, 0.6) is 5.75 Å². The van der Waals surface area contributed by atoms with Crippen molar-refractivity contribution in [1.82, 2.24) is 9.88 Å². The minimum absolute atomic E-state index is 0.330. The maximum absolute atomic E-state index is 13.0. The van der Waals surface area contributed by atoms with Crippen molar-refractivity contribution in [2.75, 3.05) is 51.3 Å². The third-order valence-electron chi connectivity index (χ3n) is 3.30. The second kappa shape index (κ2) is 8.85. The van der Waals surface area contributed by atoms with Crippen molar-refractivity contribution < 1.29 is 13.5 Å². The second-order valence-electron chi connectivity index (χ2n) is 4.99. The first-order chi connectivity index (χ1) is 10.5. The molecule has 0 unspecified atom stereocenters. The van der Waals surface area contributed by atoms with Crippen molar-refractivity contribution in [3.8, 4) is 5.75 Å². The molecule has 2 N–H and O–H groups in total. The fourth-order valence-electron chi connectivity index (χ4n) is 1.93. The van der Waals surface area contributed by atoms with Gasteiger partial charge in [-0.15, -0.1) is 0 Å². The number of rotatable bonds is 5. The second-order valence-corrected chi connectivity index (χ2v) is 4.99. The van der Waals surface area contributed by atoms with E-state index in [0.29, 0.717) is 5.75 Å². The Morgan fingerprint density at radius 2 is 1.86 bits per heavy atom. The van der Waals surface area contributed by atoms with Crippen LogP contribution in [0.25, 0.3) is 0 Å². The zero-order valence-electron chi connectivity index (χ0n) is 13.6. The van der Waals surface area contributed by atoms with E-state index in [2.05, 4.69) is 21.8 Å². The smallest absolute Gasteiger partial charge is 0.293 e. The van der Waals surface area contributed by atoms with Gasteiger partial charge in [0.25, 0.3) is 5.92 Å². The molecular weight excluding hydrogens is 290 g/mol. The van der Waals surface area contributed by atoms with Crippen molar-refractivity contribution in [1.29, 1.82) is 0 Å². The van der Waals surface area contributed by atoms with Crippen molar-refractivity contribution in [2.24, 2.45) is 5.73 Å². The molecule has 1 aliphatic rings. The molecule has 0 spiro atoms. The third kappa shape index (κ3) is 5.73. The Morgan fingerprint density at radius 3 is 2.36 bits per heavy atom. The van der Waals surface area contributed by atoms with E-state index in [0.717, 1.165) is 32.0 Å². The number of nitrogens with two attached hydrogens (primary N) is 1. The summed E-state index contributed by atoms with van der Waals surface area (Å²) in [5, 5.41) is 0. The summed E-state index contributed by atoms with van der Waals surface area (Å²) in [5.74, 6) is -1.83. The van der Waals surface area contributed by atoms with E-state index in [1.807, 2.05) is 13.8 Å². The van der Waals surface area contributed by atoms with Crippen LogP contribution in [0, 0.1) is 0 Å². The molecule has 1 fully saturated rings. The fraction of sp³-hybridized carbons (Fsp3) is 0.667. The summed E-state index contributed by atoms with van der Waals surface area (Å²) in [4.78, 5) is 8.68. The lowest BCUT2D eigenvalue weighted by Gasteiger charge is -2.33. The van der Waals surface area contributed by atoms with Gasteiger partial charge in [-0.2, -0.15) is 0 Å². The number of nitrogens with zero attached hydrogens (tertiary/aromatic N) is 3. The zero-order chi connectivity index (χ0) is 16.6. The number of pyridine rings is 1.